The molecule has 0 bridgehead atoms. The van der Waals surface area contributed by atoms with Crippen LogP contribution in [-0.4, -0.2) is 27.5 Å². The topological polar surface area (TPSA) is 97.0 Å². The van der Waals surface area contributed by atoms with Crippen LogP contribution in [0, 0.1) is 0 Å². The van der Waals surface area contributed by atoms with Crippen LogP contribution in [-0.2, 0) is 4.74 Å². The van der Waals surface area contributed by atoms with Crippen LogP contribution in [0.1, 0.15) is 29.3 Å². The van der Waals surface area contributed by atoms with Gasteiger partial charge in [0, 0.05) is 11.9 Å². The maximum Gasteiger partial charge on any atom is 0.358 e. The molecule has 2 heterocycles. The molecule has 0 unspecified atom stereocenters. The van der Waals surface area contributed by atoms with Crippen LogP contribution >= 0.6 is 11.3 Å². The number of carbonyl (C=O) groups is 1. The molecule has 0 aliphatic rings. The Morgan fingerprint density at radius 1 is 1.44 bits per heavy atom. The normalized spacial score (nSPS) is 11.9. The van der Waals surface area contributed by atoms with Gasteiger partial charge in [0.2, 0.25) is 0 Å². The lowest BCUT2D eigenvalue weighted by Crippen LogP contribution is -2.17. The maximum absolute atomic E-state index is 12.2. The Bertz CT molecular complexity index is 979. The molecule has 0 aliphatic heterocycles. The minimum absolute atomic E-state index is 0.201. The van der Waals surface area contributed by atoms with Crippen molar-refractivity contribution in [2.24, 2.45) is 0 Å². The van der Waals surface area contributed by atoms with Crippen LogP contribution in [0.2, 0.25) is 0 Å². The second-order valence-electron chi connectivity index (χ2n) is 5.22. The molecule has 128 valence electrons. The molecule has 0 aliphatic carbocycles. The van der Waals surface area contributed by atoms with Crippen molar-refractivity contribution < 1.29 is 9.53 Å². The molecule has 25 heavy (non-hydrogen) atoms. The van der Waals surface area contributed by atoms with E-state index in [2.05, 4.69) is 26.8 Å². The number of esters is 1. The van der Waals surface area contributed by atoms with Crippen molar-refractivity contribution in [2.75, 3.05) is 11.9 Å². The lowest BCUT2D eigenvalue weighted by Gasteiger charge is -2.12. The van der Waals surface area contributed by atoms with E-state index in [1.807, 2.05) is 0 Å². The van der Waals surface area contributed by atoms with Crippen molar-refractivity contribution in [2.45, 2.75) is 13.0 Å². The van der Waals surface area contributed by atoms with E-state index in [-0.39, 0.29) is 17.1 Å². The molecule has 3 aromatic rings. The summed E-state index contributed by atoms with van der Waals surface area (Å²) in [6, 6.07) is 6.99. The number of fused-ring (bicyclic) bond motifs is 1. The van der Waals surface area contributed by atoms with Gasteiger partial charge in [-0.15, -0.1) is 17.9 Å². The molecule has 0 spiro atoms. The fourth-order valence-corrected chi connectivity index (χ4v) is 2.87. The Morgan fingerprint density at radius 3 is 3.04 bits per heavy atom. The van der Waals surface area contributed by atoms with Crippen LogP contribution in [0.3, 0.4) is 0 Å². The van der Waals surface area contributed by atoms with Gasteiger partial charge in [0.05, 0.1) is 10.9 Å². The quantitative estimate of drug-likeness (QED) is 0.521. The van der Waals surface area contributed by atoms with Crippen LogP contribution < -0.4 is 10.9 Å². The Hall–Kier alpha value is -3.00. The van der Waals surface area contributed by atoms with Gasteiger partial charge >= 0.3 is 5.97 Å². The van der Waals surface area contributed by atoms with Crippen molar-refractivity contribution >= 4 is 33.3 Å². The minimum Gasteiger partial charge on any atom is -0.450 e. The SMILES string of the molecule is C=CCNc1nc(C(=O)O[C@H](C)c2nc3ccccc3c(=O)[nH]2)cs1. The third kappa shape index (κ3) is 3.74. The first-order valence-corrected chi connectivity index (χ1v) is 8.46. The number of thiazole rings is 1. The van der Waals surface area contributed by atoms with Gasteiger partial charge < -0.3 is 15.0 Å². The van der Waals surface area contributed by atoms with Crippen LogP contribution in [0.25, 0.3) is 10.9 Å². The molecule has 8 heteroatoms. The standard InChI is InChI=1S/C17H16N4O3S/c1-3-8-18-17-20-13(9-25-17)16(23)24-10(2)14-19-12-7-5-4-6-11(12)15(22)21-14/h3-7,9-10H,1,8H2,2H3,(H,18,20)(H,19,21,22)/t10-/m1/s1. The Kier molecular flexibility index (Phi) is 4.90. The number of hydrogen-bond donors (Lipinski definition) is 2. The molecular weight excluding hydrogens is 340 g/mol. The van der Waals surface area contributed by atoms with Crippen molar-refractivity contribution in [3.8, 4) is 0 Å². The van der Waals surface area contributed by atoms with E-state index in [4.69, 9.17) is 4.74 Å². The third-order valence-electron chi connectivity index (χ3n) is 3.41. The van der Waals surface area contributed by atoms with E-state index in [1.54, 1.807) is 42.6 Å². The lowest BCUT2D eigenvalue weighted by molar-refractivity contribution is 0.0314. The fraction of sp³-hybridized carbons (Fsp3) is 0.176. The van der Waals surface area contributed by atoms with E-state index < -0.39 is 12.1 Å². The summed E-state index contributed by atoms with van der Waals surface area (Å²) in [7, 11) is 0. The number of para-hydroxylation sites is 1. The summed E-state index contributed by atoms with van der Waals surface area (Å²) in [5.74, 6) is -0.288. The second-order valence-corrected chi connectivity index (χ2v) is 6.08. The average molecular weight is 356 g/mol. The summed E-state index contributed by atoms with van der Waals surface area (Å²) >= 11 is 1.30. The third-order valence-corrected chi connectivity index (χ3v) is 4.21. The van der Waals surface area contributed by atoms with Crippen molar-refractivity contribution in [1.82, 2.24) is 15.0 Å². The maximum atomic E-state index is 12.2. The highest BCUT2D eigenvalue weighted by Gasteiger charge is 2.19. The summed E-state index contributed by atoms with van der Waals surface area (Å²) in [5, 5.41) is 5.71. The van der Waals surface area contributed by atoms with Crippen LogP contribution in [0.4, 0.5) is 5.13 Å². The zero-order valence-corrected chi connectivity index (χ0v) is 14.3. The van der Waals surface area contributed by atoms with Crippen LogP contribution in [0.5, 0.6) is 0 Å². The van der Waals surface area contributed by atoms with Crippen molar-refractivity contribution in [3.63, 3.8) is 0 Å². The van der Waals surface area contributed by atoms with Gasteiger partial charge in [0.15, 0.2) is 22.8 Å². The zero-order valence-electron chi connectivity index (χ0n) is 13.5. The fourth-order valence-electron chi connectivity index (χ4n) is 2.18. The first kappa shape index (κ1) is 16.8. The summed E-state index contributed by atoms with van der Waals surface area (Å²) in [5.41, 5.74) is 0.480. The number of rotatable bonds is 6. The molecule has 0 amide bonds. The van der Waals surface area contributed by atoms with Crippen molar-refractivity contribution in [1.29, 1.82) is 0 Å². The predicted molar refractivity (Wildman–Crippen MR) is 97.0 cm³/mol. The smallest absolute Gasteiger partial charge is 0.358 e. The number of H-pyrrole nitrogens is 1. The van der Waals surface area contributed by atoms with Gasteiger partial charge in [-0.05, 0) is 19.1 Å². The largest absolute Gasteiger partial charge is 0.450 e. The van der Waals surface area contributed by atoms with Crippen molar-refractivity contribution in [3.05, 3.63) is 64.2 Å². The van der Waals surface area contributed by atoms with Gasteiger partial charge in [0.25, 0.3) is 5.56 Å². The molecule has 0 saturated carbocycles. The number of ether oxygens (including phenoxy) is 1. The summed E-state index contributed by atoms with van der Waals surface area (Å²) < 4.78 is 5.37. The molecule has 7 nitrogen and oxygen atoms in total. The summed E-state index contributed by atoms with van der Waals surface area (Å²) in [6.07, 6.45) is 0.986. The van der Waals surface area contributed by atoms with E-state index in [0.29, 0.717) is 22.6 Å². The first-order chi connectivity index (χ1) is 12.1. The highest BCUT2D eigenvalue weighted by molar-refractivity contribution is 7.13. The number of carbonyl (C=O) groups excluding carboxylic acids is 1. The van der Waals surface area contributed by atoms with Crippen LogP contribution in [0.15, 0.2) is 47.1 Å². The highest BCUT2D eigenvalue weighted by Crippen LogP contribution is 2.19. The second kappa shape index (κ2) is 7.27. The number of aromatic nitrogens is 3. The predicted octanol–water partition coefficient (Wildman–Crippen LogP) is 2.90. The van der Waals surface area contributed by atoms with Gasteiger partial charge in [-0.2, -0.15) is 0 Å². The zero-order chi connectivity index (χ0) is 17.8. The average Bonchev–Trinajstić information content (AvgIpc) is 3.09. The van der Waals surface area contributed by atoms with E-state index in [1.165, 1.54) is 11.3 Å². The molecule has 0 fully saturated rings. The molecule has 1 aromatic carbocycles. The van der Waals surface area contributed by atoms with E-state index in [9.17, 15) is 9.59 Å². The number of aromatic amines is 1. The Labute approximate surface area is 147 Å². The summed E-state index contributed by atoms with van der Waals surface area (Å²) in [6.45, 7) is 5.81. The van der Waals surface area contributed by atoms with E-state index in [0.717, 1.165) is 0 Å². The Balaban J connectivity index is 1.76. The van der Waals surface area contributed by atoms with Gasteiger partial charge in [0.1, 0.15) is 0 Å². The molecule has 0 radical (unpaired) electrons. The number of benzene rings is 1. The monoisotopic (exact) mass is 356 g/mol. The number of nitrogens with one attached hydrogen (secondary N) is 2. The molecule has 2 aromatic heterocycles. The highest BCUT2D eigenvalue weighted by atomic mass is 32.1. The molecule has 3 rings (SSSR count). The molecule has 0 saturated heterocycles. The first-order valence-electron chi connectivity index (χ1n) is 7.58. The number of anilines is 1. The van der Waals surface area contributed by atoms with Gasteiger partial charge in [-0.3, -0.25) is 4.79 Å². The number of nitrogens with zero attached hydrogens (tertiary/aromatic N) is 2. The van der Waals surface area contributed by atoms with Gasteiger partial charge in [-0.1, -0.05) is 18.2 Å². The minimum atomic E-state index is -0.712. The summed E-state index contributed by atoms with van der Waals surface area (Å²) in [4.78, 5) is 35.5. The number of hydrogen-bond acceptors (Lipinski definition) is 7. The Morgan fingerprint density at radius 2 is 2.24 bits per heavy atom. The van der Waals surface area contributed by atoms with Gasteiger partial charge in [-0.25, -0.2) is 14.8 Å². The molecule has 1 atom stereocenters. The van der Waals surface area contributed by atoms with E-state index >= 15 is 0 Å². The molecular formula is C17H16N4O3S. The molecule has 2 N–H and O–H groups in total. The lowest BCUT2D eigenvalue weighted by atomic mass is 10.2.